The van der Waals surface area contributed by atoms with Crippen LogP contribution < -0.4 is 5.32 Å². The van der Waals surface area contributed by atoms with Crippen LogP contribution in [0.4, 0.5) is 18.9 Å². The molecule has 23 heavy (non-hydrogen) atoms. The van der Waals surface area contributed by atoms with E-state index in [2.05, 4.69) is 15.9 Å². The van der Waals surface area contributed by atoms with Crippen LogP contribution in [0.25, 0.3) is 0 Å². The summed E-state index contributed by atoms with van der Waals surface area (Å²) in [7, 11) is 0. The maximum absolute atomic E-state index is 12.3. The van der Waals surface area contributed by atoms with Crippen LogP contribution in [0.1, 0.15) is 24.8 Å². The van der Waals surface area contributed by atoms with Gasteiger partial charge in [0.25, 0.3) is 0 Å². The summed E-state index contributed by atoms with van der Waals surface area (Å²) >= 11 is 7.23. The fourth-order valence-corrected chi connectivity index (χ4v) is 6.11. The van der Waals surface area contributed by atoms with Gasteiger partial charge in [0.2, 0.25) is 0 Å². The molecule has 2 nitrogen and oxygen atoms in total. The highest BCUT2D eigenvalue weighted by Gasteiger charge is 2.39. The summed E-state index contributed by atoms with van der Waals surface area (Å²) in [5.74, 6) is 0.207. The van der Waals surface area contributed by atoms with Crippen LogP contribution in [0, 0.1) is 0 Å². The molecule has 1 aliphatic heterocycles. The van der Waals surface area contributed by atoms with Crippen molar-refractivity contribution in [3.63, 3.8) is 0 Å². The molecular formula is C15H17BrF3NOS2. The maximum atomic E-state index is 12.3. The van der Waals surface area contributed by atoms with Gasteiger partial charge in [0.15, 0.2) is 0 Å². The van der Waals surface area contributed by atoms with Crippen molar-refractivity contribution < 1.29 is 18.0 Å². The second kappa shape index (κ2) is 8.16. The first kappa shape index (κ1) is 19.0. The Morgan fingerprint density at radius 2 is 1.78 bits per heavy atom. The fraction of sp³-hybridized carbons (Fsp3) is 0.533. The van der Waals surface area contributed by atoms with E-state index < -0.39 is 12.1 Å². The molecule has 2 rings (SSSR count). The lowest BCUT2D eigenvalue weighted by atomic mass is 10.1. The van der Waals surface area contributed by atoms with E-state index in [4.69, 9.17) is 0 Å². The second-order valence-electron chi connectivity index (χ2n) is 5.13. The summed E-state index contributed by atoms with van der Waals surface area (Å²) < 4.78 is 36.8. The average Bonchev–Trinajstić information content (AvgIpc) is 2.97. The van der Waals surface area contributed by atoms with E-state index in [9.17, 15) is 18.0 Å². The van der Waals surface area contributed by atoms with Gasteiger partial charge in [-0.3, -0.25) is 4.79 Å². The van der Waals surface area contributed by atoms with Crippen LogP contribution >= 0.6 is 39.5 Å². The smallest absolute Gasteiger partial charge is 0.318 e. The summed E-state index contributed by atoms with van der Waals surface area (Å²) in [5, 5.41) is 2.85. The number of benzene rings is 1. The van der Waals surface area contributed by atoms with Crippen LogP contribution in [0.5, 0.6) is 0 Å². The number of thioether (sulfide) groups is 2. The lowest BCUT2D eigenvalue weighted by molar-refractivity contribution is -0.167. The third-order valence-electron chi connectivity index (χ3n) is 3.48. The third-order valence-corrected chi connectivity index (χ3v) is 7.64. The van der Waals surface area contributed by atoms with Crippen LogP contribution in [-0.4, -0.2) is 28.9 Å². The van der Waals surface area contributed by atoms with E-state index in [0.29, 0.717) is 0 Å². The molecule has 0 saturated carbocycles. The molecule has 1 saturated heterocycles. The van der Waals surface area contributed by atoms with Gasteiger partial charge in [-0.2, -0.15) is 13.2 Å². The topological polar surface area (TPSA) is 29.1 Å². The standard InChI is InChI=1S/C15H17BrF3NOS2/c16-8-2-1-7-14(22-9-10-23-14)11-3-5-12(6-4-11)20-13(21)15(17,18)19/h3-6H,1-2,7-10H2,(H,20,21). The van der Waals surface area contributed by atoms with Gasteiger partial charge in [-0.25, -0.2) is 0 Å². The number of alkyl halides is 4. The first-order chi connectivity index (χ1) is 10.9. The van der Waals surface area contributed by atoms with Crippen molar-refractivity contribution in [3.8, 4) is 0 Å². The summed E-state index contributed by atoms with van der Waals surface area (Å²) in [6.45, 7) is 0. The molecule has 1 aromatic rings. The molecule has 1 amide bonds. The zero-order valence-corrected chi connectivity index (χ0v) is 15.5. The van der Waals surface area contributed by atoms with Crippen LogP contribution in [0.3, 0.4) is 0 Å². The number of rotatable bonds is 6. The largest absolute Gasteiger partial charge is 0.471 e. The first-order valence-electron chi connectivity index (χ1n) is 7.20. The molecule has 128 valence electrons. The average molecular weight is 428 g/mol. The third kappa shape index (κ3) is 5.06. The molecule has 1 fully saturated rings. The van der Waals surface area contributed by atoms with Crippen molar-refractivity contribution in [2.24, 2.45) is 0 Å². The number of amides is 1. The Hall–Kier alpha value is -0.340. The Bertz CT molecular complexity index is 531. The number of unbranched alkanes of at least 4 members (excludes halogenated alkanes) is 1. The number of hydrogen-bond acceptors (Lipinski definition) is 3. The minimum atomic E-state index is -4.87. The SMILES string of the molecule is O=C(Nc1ccc(C2(CCCCBr)SCCS2)cc1)C(F)(F)F. The van der Waals surface area contributed by atoms with Gasteiger partial charge < -0.3 is 5.32 Å². The van der Waals surface area contributed by atoms with Crippen LogP contribution in [0.2, 0.25) is 0 Å². The maximum Gasteiger partial charge on any atom is 0.471 e. The Morgan fingerprint density at radius 1 is 1.17 bits per heavy atom. The van der Waals surface area contributed by atoms with Gasteiger partial charge in [0.05, 0.1) is 4.08 Å². The zero-order valence-electron chi connectivity index (χ0n) is 12.3. The highest BCUT2D eigenvalue weighted by molar-refractivity contribution is 9.09. The van der Waals surface area contributed by atoms with E-state index in [-0.39, 0.29) is 9.77 Å². The molecule has 0 spiro atoms. The van der Waals surface area contributed by atoms with Crippen LogP contribution in [0.15, 0.2) is 24.3 Å². The first-order valence-corrected chi connectivity index (χ1v) is 10.3. The molecule has 0 radical (unpaired) electrons. The minimum Gasteiger partial charge on any atom is -0.318 e. The highest BCUT2D eigenvalue weighted by Crippen LogP contribution is 2.55. The van der Waals surface area contributed by atoms with Crippen LogP contribution in [-0.2, 0) is 8.87 Å². The Labute approximate surface area is 150 Å². The number of halogens is 4. The number of carbonyl (C=O) groups excluding carboxylic acids is 1. The number of anilines is 1. The molecule has 0 aliphatic carbocycles. The lowest BCUT2D eigenvalue weighted by Gasteiger charge is -2.28. The van der Waals surface area contributed by atoms with Crippen molar-refractivity contribution in [2.45, 2.75) is 29.5 Å². The molecule has 1 heterocycles. The number of nitrogens with one attached hydrogen (secondary N) is 1. The van der Waals surface area contributed by atoms with E-state index >= 15 is 0 Å². The Morgan fingerprint density at radius 3 is 2.30 bits per heavy atom. The number of carbonyl (C=O) groups is 1. The fourth-order valence-electron chi connectivity index (χ4n) is 2.37. The van der Waals surface area contributed by atoms with Gasteiger partial charge >= 0.3 is 12.1 Å². The molecule has 0 unspecified atom stereocenters. The highest BCUT2D eigenvalue weighted by atomic mass is 79.9. The van der Waals surface area contributed by atoms with E-state index in [0.717, 1.165) is 41.7 Å². The quantitative estimate of drug-likeness (QED) is 0.487. The van der Waals surface area contributed by atoms with Crippen molar-refractivity contribution in [1.82, 2.24) is 0 Å². The molecule has 0 bridgehead atoms. The van der Waals surface area contributed by atoms with Crippen molar-refractivity contribution >= 4 is 51.0 Å². The van der Waals surface area contributed by atoms with Crippen molar-refractivity contribution in [1.29, 1.82) is 0 Å². The van der Waals surface area contributed by atoms with Crippen molar-refractivity contribution in [2.75, 3.05) is 22.2 Å². The van der Waals surface area contributed by atoms with E-state index in [1.807, 2.05) is 41.0 Å². The Kier molecular flexibility index (Phi) is 6.74. The zero-order chi connectivity index (χ0) is 16.9. The summed E-state index contributed by atoms with van der Waals surface area (Å²) in [6, 6.07) is 6.74. The van der Waals surface area contributed by atoms with Gasteiger partial charge in [-0.05, 0) is 30.5 Å². The molecule has 1 aromatic carbocycles. The summed E-state index contributed by atoms with van der Waals surface area (Å²) in [6.07, 6.45) is -1.64. The van der Waals surface area contributed by atoms with Gasteiger partial charge in [0.1, 0.15) is 0 Å². The van der Waals surface area contributed by atoms with Crippen molar-refractivity contribution in [3.05, 3.63) is 29.8 Å². The van der Waals surface area contributed by atoms with Gasteiger partial charge in [-0.15, -0.1) is 23.5 Å². The monoisotopic (exact) mass is 427 g/mol. The Balaban J connectivity index is 2.08. The second-order valence-corrected chi connectivity index (χ2v) is 8.96. The summed E-state index contributed by atoms with van der Waals surface area (Å²) in [4.78, 5) is 11.0. The van der Waals surface area contributed by atoms with Gasteiger partial charge in [-0.1, -0.05) is 34.5 Å². The molecule has 1 aliphatic rings. The molecule has 0 aromatic heterocycles. The normalized spacial score (nSPS) is 17.2. The molecule has 1 N–H and O–H groups in total. The van der Waals surface area contributed by atoms with Gasteiger partial charge in [0, 0.05) is 22.5 Å². The predicted octanol–water partition coefficient (Wildman–Crippen LogP) is 5.39. The minimum absolute atomic E-state index is 0.0191. The molecule has 8 heteroatoms. The lowest BCUT2D eigenvalue weighted by Crippen LogP contribution is -2.29. The predicted molar refractivity (Wildman–Crippen MR) is 95.4 cm³/mol. The van der Waals surface area contributed by atoms with E-state index in [1.54, 1.807) is 12.1 Å². The number of hydrogen-bond donors (Lipinski definition) is 1. The summed E-state index contributed by atoms with van der Waals surface area (Å²) in [5.41, 5.74) is 1.27. The molecular weight excluding hydrogens is 411 g/mol. The molecule has 0 atom stereocenters. The van der Waals surface area contributed by atoms with E-state index in [1.165, 1.54) is 0 Å².